The van der Waals surface area contributed by atoms with E-state index in [1.807, 2.05) is 30.3 Å². The van der Waals surface area contributed by atoms with Gasteiger partial charge in [-0.3, -0.25) is 9.59 Å². The van der Waals surface area contributed by atoms with E-state index in [0.29, 0.717) is 18.5 Å². The molecule has 0 unspecified atom stereocenters. The highest BCUT2D eigenvalue weighted by Crippen LogP contribution is 2.18. The Balaban J connectivity index is 2.14. The molecule has 2 rings (SSSR count). The number of aryl methyl sites for hydroxylation is 2. The molecule has 0 atom stereocenters. The smallest absolute Gasteiger partial charge is 0.275 e. The first kappa shape index (κ1) is 12.9. The summed E-state index contributed by atoms with van der Waals surface area (Å²) in [6.07, 6.45) is 1.72. The zero-order valence-corrected chi connectivity index (χ0v) is 10.2. The van der Waals surface area contributed by atoms with E-state index in [-0.39, 0.29) is 11.4 Å². The predicted molar refractivity (Wildman–Crippen MR) is 72.3 cm³/mol. The zero-order chi connectivity index (χ0) is 13.7. The summed E-state index contributed by atoms with van der Waals surface area (Å²) in [7, 11) is 0. The molecule has 1 amide bonds. The van der Waals surface area contributed by atoms with Crippen LogP contribution in [0.15, 0.2) is 41.2 Å². The van der Waals surface area contributed by atoms with Crippen molar-refractivity contribution in [2.45, 2.75) is 12.8 Å². The van der Waals surface area contributed by atoms with Crippen molar-refractivity contribution in [3.8, 4) is 5.75 Å². The van der Waals surface area contributed by atoms with E-state index >= 15 is 0 Å². The summed E-state index contributed by atoms with van der Waals surface area (Å²) >= 11 is 0. The highest BCUT2D eigenvalue weighted by atomic mass is 16.3. The largest absolute Gasteiger partial charge is 0.505 e. The minimum absolute atomic E-state index is 0.126. The highest BCUT2D eigenvalue weighted by Gasteiger charge is 2.08. The maximum atomic E-state index is 11.6. The summed E-state index contributed by atoms with van der Waals surface area (Å²) in [4.78, 5) is 24.6. The molecular weight excluding hydrogens is 244 g/mol. The fraction of sp³-hybridized carbons (Fsp3) is 0.143. The summed E-state index contributed by atoms with van der Waals surface area (Å²) in [6.45, 7) is 0. The average molecular weight is 258 g/mol. The molecule has 0 bridgehead atoms. The first-order valence-corrected chi connectivity index (χ1v) is 5.90. The van der Waals surface area contributed by atoms with E-state index in [4.69, 9.17) is 0 Å². The van der Waals surface area contributed by atoms with E-state index in [1.165, 1.54) is 6.07 Å². The van der Waals surface area contributed by atoms with Gasteiger partial charge in [-0.1, -0.05) is 30.3 Å². The lowest BCUT2D eigenvalue weighted by molar-refractivity contribution is -0.105. The van der Waals surface area contributed by atoms with E-state index in [2.05, 4.69) is 10.3 Å². The third-order valence-corrected chi connectivity index (χ3v) is 2.80. The van der Waals surface area contributed by atoms with Gasteiger partial charge in [-0.25, -0.2) is 0 Å². The Morgan fingerprint density at radius 3 is 2.58 bits per heavy atom. The van der Waals surface area contributed by atoms with Gasteiger partial charge >= 0.3 is 0 Å². The van der Waals surface area contributed by atoms with Crippen molar-refractivity contribution in [2.24, 2.45) is 0 Å². The number of hydrogen-bond donors (Lipinski definition) is 3. The summed E-state index contributed by atoms with van der Waals surface area (Å²) in [5, 5.41) is 11.8. The number of anilines is 1. The van der Waals surface area contributed by atoms with Crippen molar-refractivity contribution in [1.82, 2.24) is 4.98 Å². The van der Waals surface area contributed by atoms with Crippen LogP contribution in [0, 0.1) is 0 Å². The Labute approximate surface area is 109 Å². The molecular formula is C14H14N2O3. The molecule has 0 aliphatic heterocycles. The van der Waals surface area contributed by atoms with Crippen LogP contribution in [0.2, 0.25) is 0 Å². The molecule has 98 valence electrons. The monoisotopic (exact) mass is 258 g/mol. The van der Waals surface area contributed by atoms with Gasteiger partial charge in [-0.05, 0) is 18.4 Å². The molecule has 0 aliphatic carbocycles. The number of H-pyrrole nitrogens is 1. The number of hydrogen-bond acceptors (Lipinski definition) is 3. The second kappa shape index (κ2) is 5.86. The number of pyridine rings is 1. The maximum Gasteiger partial charge on any atom is 0.275 e. The molecule has 0 radical (unpaired) electrons. The Bertz CT molecular complexity index is 620. The normalized spacial score (nSPS) is 10.1. The Hall–Kier alpha value is -2.56. The third kappa shape index (κ3) is 3.22. The lowest BCUT2D eigenvalue weighted by atomic mass is 10.1. The van der Waals surface area contributed by atoms with Gasteiger partial charge in [0.15, 0.2) is 0 Å². The van der Waals surface area contributed by atoms with Crippen molar-refractivity contribution < 1.29 is 9.90 Å². The van der Waals surface area contributed by atoms with Crippen LogP contribution >= 0.6 is 0 Å². The number of aromatic hydroxyl groups is 1. The predicted octanol–water partition coefficient (Wildman–Crippen LogP) is 1.43. The molecule has 2 aromatic rings. The second-order valence-corrected chi connectivity index (χ2v) is 4.13. The van der Waals surface area contributed by atoms with Gasteiger partial charge in [0, 0.05) is 11.8 Å². The first-order valence-electron chi connectivity index (χ1n) is 5.90. The van der Waals surface area contributed by atoms with Gasteiger partial charge in [0.1, 0.15) is 11.4 Å². The fourth-order valence-corrected chi connectivity index (χ4v) is 1.85. The van der Waals surface area contributed by atoms with E-state index < -0.39 is 5.56 Å². The average Bonchev–Trinajstić information content (AvgIpc) is 2.42. The summed E-state index contributed by atoms with van der Waals surface area (Å²) < 4.78 is 0. The number of rotatable bonds is 5. The highest BCUT2D eigenvalue weighted by molar-refractivity contribution is 5.74. The summed E-state index contributed by atoms with van der Waals surface area (Å²) in [6, 6.07) is 11.3. The van der Waals surface area contributed by atoms with E-state index in [1.54, 1.807) is 0 Å². The zero-order valence-electron chi connectivity index (χ0n) is 10.2. The van der Waals surface area contributed by atoms with Gasteiger partial charge in [-0.15, -0.1) is 0 Å². The van der Waals surface area contributed by atoms with Crippen LogP contribution in [0.5, 0.6) is 5.75 Å². The molecule has 0 spiro atoms. The summed E-state index contributed by atoms with van der Waals surface area (Å²) in [5.41, 5.74) is 1.15. The molecule has 5 nitrogen and oxygen atoms in total. The minimum Gasteiger partial charge on any atom is -0.505 e. The molecule has 1 aromatic heterocycles. The number of carbonyl (C=O) groups excluding carboxylic acids is 1. The number of aromatic nitrogens is 1. The first-order chi connectivity index (χ1) is 9.20. The van der Waals surface area contributed by atoms with Gasteiger partial charge in [0.05, 0.1) is 0 Å². The van der Waals surface area contributed by atoms with Crippen LogP contribution in [0.4, 0.5) is 5.69 Å². The van der Waals surface area contributed by atoms with Gasteiger partial charge in [0.25, 0.3) is 5.56 Å². The van der Waals surface area contributed by atoms with Crippen LogP contribution in [-0.2, 0) is 17.6 Å². The lowest BCUT2D eigenvalue weighted by Gasteiger charge is -2.06. The van der Waals surface area contributed by atoms with Crippen molar-refractivity contribution in [3.63, 3.8) is 0 Å². The molecule has 0 saturated carbocycles. The molecule has 0 fully saturated rings. The number of carbonyl (C=O) groups is 1. The SMILES string of the molecule is O=CNc1c(O)cc(CCc2ccccc2)[nH]c1=O. The number of benzene rings is 1. The summed E-state index contributed by atoms with van der Waals surface area (Å²) in [5.74, 6) is -0.223. The Morgan fingerprint density at radius 2 is 1.95 bits per heavy atom. The molecule has 3 N–H and O–H groups in total. The Kier molecular flexibility index (Phi) is 3.97. The molecule has 0 aliphatic rings. The molecule has 0 saturated heterocycles. The molecule has 19 heavy (non-hydrogen) atoms. The quantitative estimate of drug-likeness (QED) is 0.709. The second-order valence-electron chi connectivity index (χ2n) is 4.13. The number of nitrogens with one attached hydrogen (secondary N) is 2. The lowest BCUT2D eigenvalue weighted by Crippen LogP contribution is -2.15. The van der Waals surface area contributed by atoms with Crippen molar-refractivity contribution >= 4 is 12.1 Å². The maximum absolute atomic E-state index is 11.6. The van der Waals surface area contributed by atoms with E-state index in [0.717, 1.165) is 12.0 Å². The van der Waals surface area contributed by atoms with Crippen LogP contribution < -0.4 is 10.9 Å². The Morgan fingerprint density at radius 1 is 1.21 bits per heavy atom. The third-order valence-electron chi connectivity index (χ3n) is 2.80. The van der Waals surface area contributed by atoms with Crippen LogP contribution in [0.25, 0.3) is 0 Å². The topological polar surface area (TPSA) is 82.2 Å². The van der Waals surface area contributed by atoms with Crippen LogP contribution in [-0.4, -0.2) is 16.5 Å². The van der Waals surface area contributed by atoms with Gasteiger partial charge in [-0.2, -0.15) is 0 Å². The van der Waals surface area contributed by atoms with Crippen molar-refractivity contribution in [1.29, 1.82) is 0 Å². The van der Waals surface area contributed by atoms with E-state index in [9.17, 15) is 14.7 Å². The van der Waals surface area contributed by atoms with Gasteiger partial charge in [0.2, 0.25) is 6.41 Å². The van der Waals surface area contributed by atoms with Crippen molar-refractivity contribution in [3.05, 3.63) is 58.0 Å². The van der Waals surface area contributed by atoms with Crippen LogP contribution in [0.3, 0.4) is 0 Å². The molecule has 1 heterocycles. The fourth-order valence-electron chi connectivity index (χ4n) is 1.85. The number of amides is 1. The standard InChI is InChI=1S/C14H14N2O3/c17-9-15-13-12(18)8-11(16-14(13)19)7-6-10-4-2-1-3-5-10/h1-5,8-9H,6-7H2,(H,15,17)(H2,16,18,19). The molecule has 5 heteroatoms. The van der Waals surface area contributed by atoms with Crippen molar-refractivity contribution in [2.75, 3.05) is 5.32 Å². The minimum atomic E-state index is -0.504. The molecule has 1 aromatic carbocycles. The van der Waals surface area contributed by atoms with Crippen LogP contribution in [0.1, 0.15) is 11.3 Å². The number of aromatic amines is 1. The van der Waals surface area contributed by atoms with Gasteiger partial charge < -0.3 is 15.4 Å².